The molecule has 0 aromatic heterocycles. The highest BCUT2D eigenvalue weighted by Gasteiger charge is 2.20. The minimum Gasteiger partial charge on any atom is -0.339 e. The van der Waals surface area contributed by atoms with Gasteiger partial charge in [0.1, 0.15) is 0 Å². The van der Waals surface area contributed by atoms with Crippen molar-refractivity contribution in [1.29, 1.82) is 0 Å². The lowest BCUT2D eigenvalue weighted by Crippen LogP contribution is -2.49. The van der Waals surface area contributed by atoms with Crippen LogP contribution in [0.5, 0.6) is 0 Å². The molecule has 1 saturated heterocycles. The van der Waals surface area contributed by atoms with Crippen LogP contribution in [0.15, 0.2) is 24.3 Å². The number of nitrogens with zero attached hydrogens (tertiary/aromatic N) is 2. The van der Waals surface area contributed by atoms with Gasteiger partial charge in [0.25, 0.3) is 0 Å². The molecular formula is C15H16ClN2O2. The average molecular weight is 292 g/mol. The Morgan fingerprint density at radius 1 is 1.25 bits per heavy atom. The maximum Gasteiger partial charge on any atom is 0.246 e. The van der Waals surface area contributed by atoms with Crippen molar-refractivity contribution in [3.63, 3.8) is 0 Å². The van der Waals surface area contributed by atoms with Crippen LogP contribution in [0.3, 0.4) is 0 Å². The van der Waals surface area contributed by atoms with Crippen molar-refractivity contribution in [2.75, 3.05) is 26.2 Å². The van der Waals surface area contributed by atoms with E-state index in [0.717, 1.165) is 5.56 Å². The molecule has 0 N–H and O–H groups in total. The predicted molar refractivity (Wildman–Crippen MR) is 78.2 cm³/mol. The molecule has 0 spiro atoms. The molecule has 0 atom stereocenters. The Morgan fingerprint density at radius 3 is 2.50 bits per heavy atom. The van der Waals surface area contributed by atoms with E-state index < -0.39 is 0 Å². The maximum absolute atomic E-state index is 12.0. The highest BCUT2D eigenvalue weighted by atomic mass is 35.5. The number of halogens is 1. The van der Waals surface area contributed by atoms with Crippen LogP contribution in [0, 0.1) is 6.07 Å². The highest BCUT2D eigenvalue weighted by Crippen LogP contribution is 2.11. The van der Waals surface area contributed by atoms with Gasteiger partial charge in [-0.25, -0.2) is 0 Å². The lowest BCUT2D eigenvalue weighted by molar-refractivity contribution is -0.135. The van der Waals surface area contributed by atoms with E-state index in [1.807, 2.05) is 6.07 Å². The van der Waals surface area contributed by atoms with E-state index in [-0.39, 0.29) is 11.8 Å². The molecule has 0 saturated carbocycles. The van der Waals surface area contributed by atoms with Crippen molar-refractivity contribution in [3.05, 3.63) is 40.9 Å². The number of hydrogen-bond acceptors (Lipinski definition) is 2. The van der Waals surface area contributed by atoms with Gasteiger partial charge >= 0.3 is 0 Å². The summed E-state index contributed by atoms with van der Waals surface area (Å²) in [6, 6.07) is 8.14. The Kier molecular flexibility index (Phi) is 4.79. The van der Waals surface area contributed by atoms with E-state index >= 15 is 0 Å². The highest BCUT2D eigenvalue weighted by molar-refractivity contribution is 6.30. The summed E-state index contributed by atoms with van der Waals surface area (Å²) in [6.45, 7) is 3.90. The molecule has 1 radical (unpaired) electrons. The van der Waals surface area contributed by atoms with Crippen LogP contribution in [0.1, 0.15) is 12.5 Å². The molecule has 1 heterocycles. The zero-order valence-corrected chi connectivity index (χ0v) is 12.1. The number of rotatable bonds is 2. The van der Waals surface area contributed by atoms with Crippen LogP contribution in [0.25, 0.3) is 6.08 Å². The maximum atomic E-state index is 12.0. The Bertz CT molecular complexity index is 534. The molecule has 0 bridgehead atoms. The molecule has 2 amide bonds. The summed E-state index contributed by atoms with van der Waals surface area (Å²) in [5.41, 5.74) is 0.865. The van der Waals surface area contributed by atoms with Crippen LogP contribution in [0.4, 0.5) is 0 Å². The average Bonchev–Trinajstić information content (AvgIpc) is 2.45. The number of carbonyl (C=O) groups is 2. The summed E-state index contributed by atoms with van der Waals surface area (Å²) in [5, 5.41) is 0.523. The summed E-state index contributed by atoms with van der Waals surface area (Å²) in [4.78, 5) is 26.7. The minimum atomic E-state index is -0.0443. The Balaban J connectivity index is 1.91. The van der Waals surface area contributed by atoms with Gasteiger partial charge in [0.05, 0.1) is 0 Å². The molecule has 1 aliphatic heterocycles. The molecular weight excluding hydrogens is 276 g/mol. The van der Waals surface area contributed by atoms with E-state index in [4.69, 9.17) is 11.6 Å². The Labute approximate surface area is 123 Å². The zero-order valence-electron chi connectivity index (χ0n) is 11.3. The Morgan fingerprint density at radius 2 is 1.90 bits per heavy atom. The molecule has 4 nitrogen and oxygen atoms in total. The summed E-state index contributed by atoms with van der Waals surface area (Å²) < 4.78 is 0. The molecule has 1 aromatic carbocycles. The van der Waals surface area contributed by atoms with Gasteiger partial charge in [-0.05, 0) is 17.7 Å². The molecule has 1 aromatic rings. The third-order valence-electron chi connectivity index (χ3n) is 3.25. The molecule has 1 fully saturated rings. The zero-order chi connectivity index (χ0) is 14.5. The van der Waals surface area contributed by atoms with Gasteiger partial charge in [0.15, 0.2) is 0 Å². The molecule has 5 heteroatoms. The van der Waals surface area contributed by atoms with Crippen LogP contribution in [-0.4, -0.2) is 47.8 Å². The van der Waals surface area contributed by atoms with Gasteiger partial charge in [-0.1, -0.05) is 23.7 Å². The number of benzene rings is 1. The largest absolute Gasteiger partial charge is 0.339 e. The van der Waals surface area contributed by atoms with E-state index in [2.05, 4.69) is 6.07 Å². The number of carbonyl (C=O) groups excluding carboxylic acids is 2. The normalized spacial score (nSPS) is 15.7. The molecule has 2 rings (SSSR count). The van der Waals surface area contributed by atoms with Crippen molar-refractivity contribution in [1.82, 2.24) is 9.80 Å². The second kappa shape index (κ2) is 6.57. The third kappa shape index (κ3) is 3.84. The van der Waals surface area contributed by atoms with Crippen LogP contribution in [-0.2, 0) is 9.59 Å². The van der Waals surface area contributed by atoms with Crippen LogP contribution < -0.4 is 0 Å². The molecule has 0 unspecified atom stereocenters. The number of piperazine rings is 1. The van der Waals surface area contributed by atoms with E-state index in [0.29, 0.717) is 31.2 Å². The summed E-state index contributed by atoms with van der Waals surface area (Å²) in [6.07, 6.45) is 3.27. The van der Waals surface area contributed by atoms with Gasteiger partial charge < -0.3 is 9.80 Å². The van der Waals surface area contributed by atoms with E-state index in [1.54, 1.807) is 34.9 Å². The van der Waals surface area contributed by atoms with Gasteiger partial charge in [-0.2, -0.15) is 0 Å². The van der Waals surface area contributed by atoms with Crippen molar-refractivity contribution < 1.29 is 9.59 Å². The lowest BCUT2D eigenvalue weighted by atomic mass is 10.2. The monoisotopic (exact) mass is 291 g/mol. The second-order valence-corrected chi connectivity index (χ2v) is 5.04. The smallest absolute Gasteiger partial charge is 0.246 e. The molecule has 105 valence electrons. The van der Waals surface area contributed by atoms with Gasteiger partial charge in [0, 0.05) is 50.3 Å². The molecule has 20 heavy (non-hydrogen) atoms. The quantitative estimate of drug-likeness (QED) is 0.780. The first-order valence-electron chi connectivity index (χ1n) is 6.46. The number of hydrogen-bond donors (Lipinski definition) is 0. The fraction of sp³-hybridized carbons (Fsp3) is 0.333. The van der Waals surface area contributed by atoms with Crippen molar-refractivity contribution in [2.24, 2.45) is 0 Å². The lowest BCUT2D eigenvalue weighted by Gasteiger charge is -2.33. The van der Waals surface area contributed by atoms with Gasteiger partial charge in [-0.3, -0.25) is 9.59 Å². The SMILES string of the molecule is CC(=O)N1CCN(C(=O)/C=C/c2cc[c]c(Cl)c2)CC1. The summed E-state index contributed by atoms with van der Waals surface area (Å²) >= 11 is 5.83. The standard InChI is InChI=1S/C15H16ClN2O2/c1-12(19)17-7-9-18(10-8-17)15(20)6-5-13-3-2-4-14(16)11-13/h2-3,5-6,11H,7-10H2,1H3/b6-5+. The summed E-state index contributed by atoms with van der Waals surface area (Å²) in [7, 11) is 0. The fourth-order valence-electron chi connectivity index (χ4n) is 2.07. The molecule has 0 aliphatic carbocycles. The topological polar surface area (TPSA) is 40.6 Å². The van der Waals surface area contributed by atoms with Crippen LogP contribution >= 0.6 is 11.6 Å². The Hall–Kier alpha value is -1.81. The third-order valence-corrected chi connectivity index (χ3v) is 3.46. The molecule has 1 aliphatic rings. The minimum absolute atomic E-state index is 0.0443. The van der Waals surface area contributed by atoms with Crippen molar-refractivity contribution >= 4 is 29.5 Å². The van der Waals surface area contributed by atoms with Crippen LogP contribution in [0.2, 0.25) is 5.02 Å². The fourth-order valence-corrected chi connectivity index (χ4v) is 2.26. The number of amides is 2. The van der Waals surface area contributed by atoms with Gasteiger partial charge in [-0.15, -0.1) is 0 Å². The van der Waals surface area contributed by atoms with E-state index in [9.17, 15) is 9.59 Å². The van der Waals surface area contributed by atoms with Gasteiger partial charge in [0.2, 0.25) is 11.8 Å². The first kappa shape index (κ1) is 14.6. The van der Waals surface area contributed by atoms with E-state index in [1.165, 1.54) is 6.08 Å². The summed E-state index contributed by atoms with van der Waals surface area (Å²) in [5.74, 6) is 0.0139. The van der Waals surface area contributed by atoms with Crippen molar-refractivity contribution in [2.45, 2.75) is 6.92 Å². The first-order chi connectivity index (χ1) is 9.56. The first-order valence-corrected chi connectivity index (χ1v) is 6.84. The van der Waals surface area contributed by atoms with Crippen molar-refractivity contribution in [3.8, 4) is 0 Å². The predicted octanol–water partition coefficient (Wildman–Crippen LogP) is 1.84. The second-order valence-electron chi connectivity index (χ2n) is 4.63.